The summed E-state index contributed by atoms with van der Waals surface area (Å²) in [6.45, 7) is 3.01. The Balaban J connectivity index is 1.61. The molecule has 0 saturated carbocycles. The van der Waals surface area contributed by atoms with E-state index in [4.69, 9.17) is 9.47 Å². The molecular formula is C26H25NO5S. The summed E-state index contributed by atoms with van der Waals surface area (Å²) < 4.78 is 11.0. The maximum atomic E-state index is 12.9. The van der Waals surface area contributed by atoms with Gasteiger partial charge in [0, 0.05) is 24.1 Å². The summed E-state index contributed by atoms with van der Waals surface area (Å²) in [6, 6.07) is 18.0. The molecule has 1 aliphatic heterocycles. The summed E-state index contributed by atoms with van der Waals surface area (Å²) in [4.78, 5) is 27.9. The number of thiophene rings is 1. The van der Waals surface area contributed by atoms with E-state index in [0.717, 1.165) is 16.0 Å². The Morgan fingerprint density at radius 3 is 2.48 bits per heavy atom. The van der Waals surface area contributed by atoms with Gasteiger partial charge in [-0.25, -0.2) is 0 Å². The van der Waals surface area contributed by atoms with Crippen molar-refractivity contribution in [3.8, 4) is 5.75 Å². The van der Waals surface area contributed by atoms with E-state index >= 15 is 0 Å². The number of carbonyl (C=O) groups is 2. The average Bonchev–Trinajstić information content (AvgIpc) is 3.44. The second kappa shape index (κ2) is 10.0. The standard InChI is InChI=1S/C26H25NO5S/c1-17-6-3-4-7-19(17)16-32-20-11-9-18(10-12-20)24(28)22-23(21-8-5-15-33-21)27(13-14-31-2)26(30)25(22)29/h3-12,15,23,28H,13-14,16H2,1-2H3/b24-22+. The van der Waals surface area contributed by atoms with E-state index in [2.05, 4.69) is 0 Å². The summed E-state index contributed by atoms with van der Waals surface area (Å²) in [5.41, 5.74) is 2.78. The average molecular weight is 464 g/mol. The van der Waals surface area contributed by atoms with E-state index in [1.807, 2.05) is 48.7 Å². The first-order valence-corrected chi connectivity index (χ1v) is 11.5. The van der Waals surface area contributed by atoms with E-state index in [-0.39, 0.29) is 17.9 Å². The molecule has 1 amide bonds. The fraction of sp³-hybridized carbons (Fsp3) is 0.231. The molecule has 0 aliphatic carbocycles. The highest BCUT2D eigenvalue weighted by Crippen LogP contribution is 2.41. The molecule has 1 N–H and O–H groups in total. The fourth-order valence-corrected chi connectivity index (χ4v) is 4.69. The highest BCUT2D eigenvalue weighted by Gasteiger charge is 2.46. The Labute approximate surface area is 196 Å². The lowest BCUT2D eigenvalue weighted by Crippen LogP contribution is -2.32. The van der Waals surface area contributed by atoms with Gasteiger partial charge in [0.25, 0.3) is 11.7 Å². The van der Waals surface area contributed by atoms with Gasteiger partial charge < -0.3 is 19.5 Å². The molecule has 1 aliphatic rings. The lowest BCUT2D eigenvalue weighted by molar-refractivity contribution is -0.140. The van der Waals surface area contributed by atoms with Crippen LogP contribution in [0.4, 0.5) is 0 Å². The molecule has 2 aromatic carbocycles. The van der Waals surface area contributed by atoms with Gasteiger partial charge in [-0.3, -0.25) is 9.59 Å². The van der Waals surface area contributed by atoms with E-state index in [1.54, 1.807) is 31.4 Å². The van der Waals surface area contributed by atoms with Crippen molar-refractivity contribution in [2.24, 2.45) is 0 Å². The molecule has 1 aromatic heterocycles. The number of likely N-dealkylation sites (tertiary alicyclic amines) is 1. The first-order chi connectivity index (χ1) is 16.0. The highest BCUT2D eigenvalue weighted by atomic mass is 32.1. The Morgan fingerprint density at radius 2 is 1.82 bits per heavy atom. The number of nitrogens with zero attached hydrogens (tertiary/aromatic N) is 1. The van der Waals surface area contributed by atoms with Crippen LogP contribution in [-0.2, 0) is 20.9 Å². The van der Waals surface area contributed by atoms with Crippen LogP contribution in [0.1, 0.15) is 27.6 Å². The number of aliphatic hydroxyl groups excluding tert-OH is 1. The number of hydrogen-bond donors (Lipinski definition) is 1. The zero-order chi connectivity index (χ0) is 23.4. The molecule has 6 nitrogen and oxygen atoms in total. The Bertz CT molecular complexity index is 1170. The van der Waals surface area contributed by atoms with Gasteiger partial charge in [0.15, 0.2) is 0 Å². The van der Waals surface area contributed by atoms with E-state index in [9.17, 15) is 14.7 Å². The van der Waals surface area contributed by atoms with Crippen molar-refractivity contribution in [1.29, 1.82) is 0 Å². The highest BCUT2D eigenvalue weighted by molar-refractivity contribution is 7.10. The number of ketones is 1. The third-order valence-electron chi connectivity index (χ3n) is 5.67. The van der Waals surface area contributed by atoms with Crippen LogP contribution in [0.5, 0.6) is 5.75 Å². The van der Waals surface area contributed by atoms with Crippen LogP contribution in [0.25, 0.3) is 5.76 Å². The summed E-state index contributed by atoms with van der Waals surface area (Å²) in [5.74, 6) is -0.880. The number of rotatable bonds is 8. The molecule has 0 spiro atoms. The SMILES string of the molecule is COCCN1C(=O)C(=O)/C(=C(/O)c2ccc(OCc3ccccc3C)cc2)C1c1cccs1. The van der Waals surface area contributed by atoms with Crippen molar-refractivity contribution < 1.29 is 24.2 Å². The fourth-order valence-electron chi connectivity index (χ4n) is 3.84. The zero-order valence-electron chi connectivity index (χ0n) is 18.5. The lowest BCUT2D eigenvalue weighted by atomic mass is 10.00. The summed E-state index contributed by atoms with van der Waals surface area (Å²) >= 11 is 1.43. The largest absolute Gasteiger partial charge is 0.507 e. The van der Waals surface area contributed by atoms with Crippen molar-refractivity contribution in [1.82, 2.24) is 4.90 Å². The van der Waals surface area contributed by atoms with Crippen molar-refractivity contribution in [3.05, 3.63) is 93.2 Å². The molecule has 7 heteroatoms. The van der Waals surface area contributed by atoms with E-state index in [1.165, 1.54) is 16.2 Å². The predicted octanol–water partition coefficient (Wildman–Crippen LogP) is 4.70. The number of aryl methyl sites for hydroxylation is 1. The summed E-state index contributed by atoms with van der Waals surface area (Å²) in [6.07, 6.45) is 0. The van der Waals surface area contributed by atoms with Crippen LogP contribution in [0.2, 0.25) is 0 Å². The number of methoxy groups -OCH3 is 1. The number of carbonyl (C=O) groups excluding carboxylic acids is 2. The van der Waals surface area contributed by atoms with Gasteiger partial charge in [-0.05, 0) is 53.8 Å². The van der Waals surface area contributed by atoms with E-state index < -0.39 is 17.7 Å². The molecule has 2 heterocycles. The van der Waals surface area contributed by atoms with Gasteiger partial charge in [-0.1, -0.05) is 30.3 Å². The van der Waals surface area contributed by atoms with Crippen molar-refractivity contribution in [2.45, 2.75) is 19.6 Å². The monoisotopic (exact) mass is 463 g/mol. The number of Topliss-reactive ketones (excluding diaryl/α,β-unsaturated/α-hetero) is 1. The number of hydrogen-bond acceptors (Lipinski definition) is 6. The maximum absolute atomic E-state index is 12.9. The van der Waals surface area contributed by atoms with Crippen molar-refractivity contribution in [3.63, 3.8) is 0 Å². The van der Waals surface area contributed by atoms with Crippen LogP contribution < -0.4 is 4.74 Å². The number of aliphatic hydroxyl groups is 1. The minimum absolute atomic E-state index is 0.0899. The maximum Gasteiger partial charge on any atom is 0.295 e. The van der Waals surface area contributed by atoms with Gasteiger partial charge in [-0.2, -0.15) is 0 Å². The Kier molecular flexibility index (Phi) is 6.91. The zero-order valence-corrected chi connectivity index (χ0v) is 19.3. The van der Waals surface area contributed by atoms with E-state index in [0.29, 0.717) is 24.5 Å². The Hall–Kier alpha value is -3.42. The topological polar surface area (TPSA) is 76.1 Å². The van der Waals surface area contributed by atoms with Crippen molar-refractivity contribution in [2.75, 3.05) is 20.3 Å². The first kappa shape index (κ1) is 22.8. The molecule has 0 radical (unpaired) electrons. The lowest BCUT2D eigenvalue weighted by Gasteiger charge is -2.23. The van der Waals surface area contributed by atoms with Gasteiger partial charge in [0.05, 0.1) is 18.2 Å². The third-order valence-corrected chi connectivity index (χ3v) is 6.60. The molecule has 1 atom stereocenters. The smallest absolute Gasteiger partial charge is 0.295 e. The quantitative estimate of drug-likeness (QED) is 0.298. The van der Waals surface area contributed by atoms with Gasteiger partial charge >= 0.3 is 0 Å². The summed E-state index contributed by atoms with van der Waals surface area (Å²) in [7, 11) is 1.54. The van der Waals surface area contributed by atoms with Crippen LogP contribution >= 0.6 is 11.3 Å². The molecule has 33 heavy (non-hydrogen) atoms. The normalized spacial score (nSPS) is 17.5. The third kappa shape index (κ3) is 4.69. The molecule has 1 saturated heterocycles. The van der Waals surface area contributed by atoms with Crippen LogP contribution in [0.3, 0.4) is 0 Å². The minimum Gasteiger partial charge on any atom is -0.507 e. The predicted molar refractivity (Wildman–Crippen MR) is 127 cm³/mol. The second-order valence-corrected chi connectivity index (χ2v) is 8.72. The minimum atomic E-state index is -0.693. The van der Waals surface area contributed by atoms with Gasteiger partial charge in [0.1, 0.15) is 18.1 Å². The second-order valence-electron chi connectivity index (χ2n) is 7.74. The van der Waals surface area contributed by atoms with Crippen LogP contribution in [-0.4, -0.2) is 42.0 Å². The number of ether oxygens (including phenoxy) is 2. The first-order valence-electron chi connectivity index (χ1n) is 10.6. The van der Waals surface area contributed by atoms with Crippen molar-refractivity contribution >= 4 is 28.8 Å². The molecule has 4 rings (SSSR count). The Morgan fingerprint density at radius 1 is 1.06 bits per heavy atom. The molecular weight excluding hydrogens is 438 g/mol. The molecule has 1 unspecified atom stereocenters. The summed E-state index contributed by atoms with van der Waals surface area (Å²) in [5, 5.41) is 12.9. The molecule has 0 bridgehead atoms. The van der Waals surface area contributed by atoms with Crippen LogP contribution in [0, 0.1) is 6.92 Å². The number of amides is 1. The molecule has 170 valence electrons. The number of benzene rings is 2. The van der Waals surface area contributed by atoms with Crippen LogP contribution in [0.15, 0.2) is 71.6 Å². The molecule has 3 aromatic rings. The molecule has 1 fully saturated rings. The van der Waals surface area contributed by atoms with Gasteiger partial charge in [0.2, 0.25) is 0 Å². The van der Waals surface area contributed by atoms with Gasteiger partial charge in [-0.15, -0.1) is 11.3 Å².